The Balaban J connectivity index is 1.50. The first-order valence-corrected chi connectivity index (χ1v) is 12.3. The molecule has 11 nitrogen and oxygen atoms in total. The van der Waals surface area contributed by atoms with E-state index in [0.29, 0.717) is 30.9 Å². The van der Waals surface area contributed by atoms with Crippen LogP contribution in [0.3, 0.4) is 0 Å². The summed E-state index contributed by atoms with van der Waals surface area (Å²) < 4.78 is 5.51. The van der Waals surface area contributed by atoms with Crippen LogP contribution in [0.25, 0.3) is 0 Å². The molecule has 2 amide bonds. The third kappa shape index (κ3) is 5.58. The number of urea groups is 1. The molecule has 4 rings (SSSR count). The first kappa shape index (κ1) is 25.0. The number of nitrogen functional groups attached to an aromatic ring is 1. The number of Topliss-reactive ketones (excluding diaryl/α,β-unsaturated/α-hetero) is 1. The number of para-hydroxylation sites is 1. The van der Waals surface area contributed by atoms with Crippen LogP contribution in [-0.2, 0) is 11.2 Å². The summed E-state index contributed by atoms with van der Waals surface area (Å²) in [7, 11) is -1.38. The van der Waals surface area contributed by atoms with E-state index in [2.05, 4.69) is 10.3 Å². The van der Waals surface area contributed by atoms with Crippen LogP contribution in [0.1, 0.15) is 46.9 Å². The fourth-order valence-corrected chi connectivity index (χ4v) is 5.20. The van der Waals surface area contributed by atoms with Crippen LogP contribution in [0.15, 0.2) is 23.6 Å². The van der Waals surface area contributed by atoms with Crippen LogP contribution >= 0.6 is 11.3 Å². The number of ketones is 1. The van der Waals surface area contributed by atoms with Gasteiger partial charge in [-0.25, -0.2) is 14.6 Å². The number of aromatic carboxylic acids is 1. The van der Waals surface area contributed by atoms with Gasteiger partial charge in [-0.1, -0.05) is 12.1 Å². The first-order valence-electron chi connectivity index (χ1n) is 11.5. The van der Waals surface area contributed by atoms with Crippen LogP contribution in [0.5, 0.6) is 5.75 Å². The highest BCUT2D eigenvalue weighted by Gasteiger charge is 2.40. The Labute approximate surface area is 206 Å². The average Bonchev–Trinajstić information content (AvgIpc) is 3.28. The minimum atomic E-state index is -1.38. The third-order valence-electron chi connectivity index (χ3n) is 6.48. The molecular formula is C22H28BN5O6S. The summed E-state index contributed by atoms with van der Waals surface area (Å²) in [6.07, 6.45) is 1.91. The minimum Gasteiger partial charge on any atom is -0.535 e. The molecule has 35 heavy (non-hydrogen) atoms. The molecule has 2 unspecified atom stereocenters. The van der Waals surface area contributed by atoms with Crippen molar-refractivity contribution < 1.29 is 29.2 Å². The molecule has 1 saturated heterocycles. The number of thiazole rings is 1. The lowest BCUT2D eigenvalue weighted by molar-refractivity contribution is -0.121. The summed E-state index contributed by atoms with van der Waals surface area (Å²) in [6, 6.07) is 3.26. The maximum Gasteiger partial charge on any atom is 0.526 e. The van der Waals surface area contributed by atoms with E-state index in [-0.39, 0.29) is 47.0 Å². The standard InChI is InChI=1S/C22H28BN5O6S/c24-9-12-3-2-6-28(10-12)22(32)27-18(16-11-35-21(25)26-16)17(29)8-14-7-13-4-1-5-15(20(30)31)19(13)34-23(14)33/h1,4-5,11-12,14,18,33H,2-3,6-10,24H2,(H2,25,26)(H,27,32)(H,30,31)/t12?,14-,18?/m1/s1. The van der Waals surface area contributed by atoms with Crippen LogP contribution in [-0.4, -0.2) is 64.6 Å². The maximum atomic E-state index is 13.4. The molecule has 2 aliphatic rings. The second-order valence-corrected chi connectivity index (χ2v) is 9.81. The Morgan fingerprint density at radius 3 is 2.86 bits per heavy atom. The van der Waals surface area contributed by atoms with Gasteiger partial charge in [-0.15, -0.1) is 11.3 Å². The molecule has 186 valence electrons. The number of rotatable bonds is 7. The lowest BCUT2D eigenvalue weighted by Gasteiger charge is -2.33. The Hall–Kier alpha value is -3.16. The lowest BCUT2D eigenvalue weighted by atomic mass is 9.64. The molecule has 1 aromatic carbocycles. The second-order valence-electron chi connectivity index (χ2n) is 8.93. The lowest BCUT2D eigenvalue weighted by Crippen LogP contribution is -2.49. The largest absolute Gasteiger partial charge is 0.535 e. The van der Waals surface area contributed by atoms with Gasteiger partial charge in [0.25, 0.3) is 0 Å². The molecular weight excluding hydrogens is 473 g/mol. The number of nitrogens with zero attached hydrogens (tertiary/aromatic N) is 2. The zero-order valence-electron chi connectivity index (χ0n) is 19.1. The number of carbonyl (C=O) groups is 3. The predicted octanol–water partition coefficient (Wildman–Crippen LogP) is 1.29. The summed E-state index contributed by atoms with van der Waals surface area (Å²) in [5, 5.41) is 24.6. The number of carboxylic acids is 1. The van der Waals surface area contributed by atoms with Gasteiger partial charge in [0.15, 0.2) is 10.9 Å². The number of nitrogens with one attached hydrogen (secondary N) is 1. The number of likely N-dealkylation sites (tertiary alicyclic amines) is 1. The Morgan fingerprint density at radius 1 is 1.37 bits per heavy atom. The smallest absolute Gasteiger partial charge is 0.526 e. The summed E-state index contributed by atoms with van der Waals surface area (Å²) >= 11 is 1.16. The van der Waals surface area contributed by atoms with Gasteiger partial charge in [0.2, 0.25) is 0 Å². The number of carbonyl (C=O) groups excluding carboxylic acids is 2. The average molecular weight is 501 g/mol. The number of anilines is 1. The highest BCUT2D eigenvalue weighted by Crippen LogP contribution is 2.37. The number of hydrogen-bond acceptors (Lipinski definition) is 9. The van der Waals surface area contributed by atoms with E-state index in [1.165, 1.54) is 6.07 Å². The topological polar surface area (TPSA) is 181 Å². The third-order valence-corrected chi connectivity index (χ3v) is 7.17. The van der Waals surface area contributed by atoms with Crippen molar-refractivity contribution in [2.24, 2.45) is 11.7 Å². The fourth-order valence-electron chi connectivity index (χ4n) is 4.61. The van der Waals surface area contributed by atoms with E-state index >= 15 is 0 Å². The number of aromatic nitrogens is 1. The van der Waals surface area contributed by atoms with E-state index in [1.54, 1.807) is 22.4 Å². The fraction of sp³-hybridized carbons (Fsp3) is 0.455. The molecule has 2 aromatic rings. The first-order chi connectivity index (χ1) is 16.8. The van der Waals surface area contributed by atoms with E-state index < -0.39 is 24.9 Å². The van der Waals surface area contributed by atoms with Crippen molar-refractivity contribution in [1.82, 2.24) is 15.2 Å². The van der Waals surface area contributed by atoms with Gasteiger partial charge in [-0.3, -0.25) is 4.79 Å². The highest BCUT2D eigenvalue weighted by molar-refractivity contribution is 7.13. The molecule has 0 bridgehead atoms. The summed E-state index contributed by atoms with van der Waals surface area (Å²) in [6.45, 7) is 1.57. The van der Waals surface area contributed by atoms with Crippen molar-refractivity contribution in [2.75, 3.05) is 25.4 Å². The number of fused-ring (bicyclic) bond motifs is 1. The van der Waals surface area contributed by atoms with Gasteiger partial charge in [-0.2, -0.15) is 0 Å². The van der Waals surface area contributed by atoms with Gasteiger partial charge >= 0.3 is 19.1 Å². The normalized spacial score (nSPS) is 20.5. The van der Waals surface area contributed by atoms with E-state index in [9.17, 15) is 24.5 Å². The number of carboxylic acid groups (broad SMARTS) is 1. The van der Waals surface area contributed by atoms with E-state index in [1.807, 2.05) is 0 Å². The minimum absolute atomic E-state index is 0.0493. The molecule has 0 aliphatic carbocycles. The Morgan fingerprint density at radius 2 is 2.17 bits per heavy atom. The van der Waals surface area contributed by atoms with Crippen LogP contribution in [0.2, 0.25) is 5.82 Å². The quantitative estimate of drug-likeness (QED) is 0.349. The van der Waals surface area contributed by atoms with Gasteiger partial charge in [0.05, 0.1) is 11.3 Å². The van der Waals surface area contributed by atoms with E-state index in [0.717, 1.165) is 24.2 Å². The molecule has 13 heteroatoms. The van der Waals surface area contributed by atoms with Crippen molar-refractivity contribution >= 4 is 41.4 Å². The van der Waals surface area contributed by atoms with Crippen LogP contribution in [0.4, 0.5) is 9.93 Å². The van der Waals surface area contributed by atoms with Crippen molar-refractivity contribution in [1.29, 1.82) is 0 Å². The number of hydrogen-bond donors (Lipinski definition) is 5. The van der Waals surface area contributed by atoms with Gasteiger partial charge in [-0.05, 0) is 43.4 Å². The molecule has 3 heterocycles. The molecule has 1 aromatic heterocycles. The second kappa shape index (κ2) is 10.6. The summed E-state index contributed by atoms with van der Waals surface area (Å²) in [5.74, 6) is -1.84. The maximum absolute atomic E-state index is 13.4. The summed E-state index contributed by atoms with van der Waals surface area (Å²) in [5.41, 5.74) is 12.4. The van der Waals surface area contributed by atoms with Crippen molar-refractivity contribution in [3.05, 3.63) is 40.4 Å². The monoisotopic (exact) mass is 501 g/mol. The van der Waals surface area contributed by atoms with Crippen molar-refractivity contribution in [3.63, 3.8) is 0 Å². The Bertz CT molecular complexity index is 1110. The number of piperidine rings is 1. The summed E-state index contributed by atoms with van der Waals surface area (Å²) in [4.78, 5) is 43.7. The molecule has 0 spiro atoms. The molecule has 1 fully saturated rings. The molecule has 0 radical (unpaired) electrons. The predicted molar refractivity (Wildman–Crippen MR) is 130 cm³/mol. The Kier molecular flexibility index (Phi) is 7.58. The van der Waals surface area contributed by atoms with E-state index in [4.69, 9.17) is 16.1 Å². The van der Waals surface area contributed by atoms with Crippen LogP contribution < -0.4 is 21.4 Å². The highest BCUT2D eigenvalue weighted by atomic mass is 32.1. The van der Waals surface area contributed by atoms with Gasteiger partial charge < -0.3 is 36.5 Å². The number of nitrogens with two attached hydrogens (primary N) is 2. The number of benzene rings is 1. The SMILES string of the molecule is NCC1CCCN(C(=O)NC(C(=O)C[C@H]2Cc3cccc(C(=O)O)c3OB2O)c2csc(N)n2)C1. The molecule has 3 atom stereocenters. The zero-order chi connectivity index (χ0) is 25.1. The zero-order valence-corrected chi connectivity index (χ0v) is 19.9. The molecule has 7 N–H and O–H groups in total. The van der Waals surface area contributed by atoms with Gasteiger partial charge in [0, 0.05) is 30.7 Å². The molecule has 2 aliphatic heterocycles. The number of amides is 2. The molecule has 0 saturated carbocycles. The van der Waals surface area contributed by atoms with Crippen molar-refractivity contribution in [3.8, 4) is 5.75 Å². The van der Waals surface area contributed by atoms with Gasteiger partial charge in [0.1, 0.15) is 11.8 Å². The van der Waals surface area contributed by atoms with Crippen molar-refractivity contribution in [2.45, 2.75) is 37.5 Å². The van der Waals surface area contributed by atoms with Crippen LogP contribution in [0, 0.1) is 5.92 Å².